The fourth-order valence-corrected chi connectivity index (χ4v) is 1.63. The number of carbonyl (C=O) groups is 1. The predicted molar refractivity (Wildman–Crippen MR) is 59.8 cm³/mol. The molecule has 6 nitrogen and oxygen atoms in total. The van der Waals surface area contributed by atoms with Crippen LogP contribution in [0.1, 0.15) is 20.3 Å². The van der Waals surface area contributed by atoms with Crippen LogP contribution in [0.15, 0.2) is 0 Å². The zero-order chi connectivity index (χ0) is 12.8. The summed E-state index contributed by atoms with van der Waals surface area (Å²) in [4.78, 5) is 13.0. The zero-order valence-corrected chi connectivity index (χ0v) is 10.7. The van der Waals surface area contributed by atoms with Crippen LogP contribution in [-0.4, -0.2) is 55.8 Å². The first-order valence-electron chi connectivity index (χ1n) is 5.10. The van der Waals surface area contributed by atoms with Gasteiger partial charge in [0.1, 0.15) is 6.04 Å². The molecule has 0 saturated heterocycles. The molecule has 0 amide bonds. The molecule has 0 aromatic carbocycles. The third-order valence-electron chi connectivity index (χ3n) is 2.20. The molecule has 0 aliphatic heterocycles. The van der Waals surface area contributed by atoms with Gasteiger partial charge >= 0.3 is 5.97 Å². The Morgan fingerprint density at radius 1 is 1.50 bits per heavy atom. The van der Waals surface area contributed by atoms with Crippen molar-refractivity contribution in [1.29, 1.82) is 0 Å². The maximum Gasteiger partial charge on any atom is 0.323 e. The molecule has 0 radical (unpaired) electrons. The molecule has 16 heavy (non-hydrogen) atoms. The lowest BCUT2D eigenvalue weighted by Crippen LogP contribution is -2.38. The van der Waals surface area contributed by atoms with Crippen LogP contribution in [0, 0.1) is 0 Å². The van der Waals surface area contributed by atoms with Gasteiger partial charge < -0.3 is 4.74 Å². The summed E-state index contributed by atoms with van der Waals surface area (Å²) in [7, 11) is -2.22. The van der Waals surface area contributed by atoms with E-state index in [-0.39, 0.29) is 18.1 Å². The first kappa shape index (κ1) is 15.3. The van der Waals surface area contributed by atoms with Crippen molar-refractivity contribution in [1.82, 2.24) is 4.90 Å². The second kappa shape index (κ2) is 6.82. The summed E-state index contributed by atoms with van der Waals surface area (Å²) in [6.07, 6.45) is 0.277. The summed E-state index contributed by atoms with van der Waals surface area (Å²) in [5, 5.41) is 0. The molecule has 0 aliphatic carbocycles. The molecular formula is C9H19NO5S. The van der Waals surface area contributed by atoms with Gasteiger partial charge in [0.25, 0.3) is 10.1 Å². The highest BCUT2D eigenvalue weighted by Crippen LogP contribution is 2.01. The third-order valence-corrected chi connectivity index (χ3v) is 3.01. The molecule has 7 heteroatoms. The third kappa shape index (κ3) is 6.76. The van der Waals surface area contributed by atoms with Crippen molar-refractivity contribution >= 4 is 16.1 Å². The topological polar surface area (TPSA) is 83.9 Å². The molecule has 0 fully saturated rings. The van der Waals surface area contributed by atoms with Gasteiger partial charge in [-0.1, -0.05) is 0 Å². The van der Waals surface area contributed by atoms with E-state index >= 15 is 0 Å². The molecule has 96 valence electrons. The number of hydrogen-bond donors (Lipinski definition) is 1. The van der Waals surface area contributed by atoms with Crippen molar-refractivity contribution in [2.24, 2.45) is 0 Å². The van der Waals surface area contributed by atoms with Crippen molar-refractivity contribution in [2.75, 3.05) is 26.0 Å². The van der Waals surface area contributed by atoms with E-state index in [1.54, 1.807) is 25.8 Å². The first-order valence-corrected chi connectivity index (χ1v) is 6.71. The number of nitrogens with zero attached hydrogens (tertiary/aromatic N) is 1. The van der Waals surface area contributed by atoms with Gasteiger partial charge in [0.15, 0.2) is 0 Å². The Labute approximate surface area is 96.3 Å². The van der Waals surface area contributed by atoms with Crippen molar-refractivity contribution < 1.29 is 22.5 Å². The van der Waals surface area contributed by atoms with Gasteiger partial charge in [-0.15, -0.1) is 0 Å². The number of ether oxygens (including phenoxy) is 1. The van der Waals surface area contributed by atoms with Crippen LogP contribution in [0.3, 0.4) is 0 Å². The fraction of sp³-hybridized carbons (Fsp3) is 0.889. The summed E-state index contributed by atoms with van der Waals surface area (Å²) in [6, 6.07) is -0.415. The second-order valence-corrected chi connectivity index (χ2v) is 5.12. The quantitative estimate of drug-likeness (QED) is 0.513. The van der Waals surface area contributed by atoms with Crippen LogP contribution in [0.25, 0.3) is 0 Å². The molecule has 0 spiro atoms. The maximum absolute atomic E-state index is 11.3. The monoisotopic (exact) mass is 253 g/mol. The van der Waals surface area contributed by atoms with E-state index in [9.17, 15) is 13.2 Å². The molecule has 0 aliphatic rings. The van der Waals surface area contributed by atoms with E-state index in [1.165, 1.54) is 0 Å². The van der Waals surface area contributed by atoms with Crippen molar-refractivity contribution in [3.8, 4) is 0 Å². The highest BCUT2D eigenvalue weighted by atomic mass is 32.2. The van der Waals surface area contributed by atoms with E-state index in [4.69, 9.17) is 9.29 Å². The lowest BCUT2D eigenvalue weighted by molar-refractivity contribution is -0.148. The lowest BCUT2D eigenvalue weighted by atomic mass is 10.3. The Kier molecular flexibility index (Phi) is 6.54. The number of likely N-dealkylation sites (N-methyl/N-ethyl adjacent to an activating group) is 1. The summed E-state index contributed by atoms with van der Waals surface area (Å²) < 4.78 is 34.3. The van der Waals surface area contributed by atoms with Crippen LogP contribution in [0.2, 0.25) is 0 Å². The van der Waals surface area contributed by atoms with Gasteiger partial charge in [-0.25, -0.2) is 0 Å². The van der Waals surface area contributed by atoms with Gasteiger partial charge in [-0.05, 0) is 33.9 Å². The summed E-state index contributed by atoms with van der Waals surface area (Å²) >= 11 is 0. The smallest absolute Gasteiger partial charge is 0.323 e. The van der Waals surface area contributed by atoms with E-state index < -0.39 is 16.2 Å². The number of hydrogen-bond acceptors (Lipinski definition) is 5. The van der Waals surface area contributed by atoms with Crippen LogP contribution >= 0.6 is 0 Å². The fourth-order valence-electron chi connectivity index (χ4n) is 1.13. The van der Waals surface area contributed by atoms with Crippen LogP contribution in [0.5, 0.6) is 0 Å². The Hall–Kier alpha value is -0.660. The highest BCUT2D eigenvalue weighted by molar-refractivity contribution is 7.85. The van der Waals surface area contributed by atoms with Gasteiger partial charge in [0.2, 0.25) is 0 Å². The lowest BCUT2D eigenvalue weighted by Gasteiger charge is -2.22. The largest absolute Gasteiger partial charge is 0.465 e. The Morgan fingerprint density at radius 3 is 2.50 bits per heavy atom. The number of esters is 1. The van der Waals surface area contributed by atoms with Gasteiger partial charge in [0.05, 0.1) is 12.4 Å². The summed E-state index contributed by atoms with van der Waals surface area (Å²) in [6.45, 7) is 4.14. The molecule has 0 heterocycles. The predicted octanol–water partition coefficient (Wildman–Crippen LogP) is 0.148. The standard InChI is InChI=1S/C9H19NO5S/c1-4-15-9(11)8(2)10(3)6-5-7-16(12,13)14/h8H,4-7H2,1-3H3,(H,12,13,14)/t8-/m0/s1. The van der Waals surface area contributed by atoms with E-state index in [0.717, 1.165) is 0 Å². The van der Waals surface area contributed by atoms with Crippen molar-refractivity contribution in [3.05, 3.63) is 0 Å². The summed E-state index contributed by atoms with van der Waals surface area (Å²) in [5.41, 5.74) is 0. The number of carbonyl (C=O) groups excluding carboxylic acids is 1. The normalized spacial score (nSPS) is 13.8. The molecule has 1 atom stereocenters. The van der Waals surface area contributed by atoms with Crippen molar-refractivity contribution in [2.45, 2.75) is 26.3 Å². The molecule has 1 N–H and O–H groups in total. The second-order valence-electron chi connectivity index (χ2n) is 3.55. The van der Waals surface area contributed by atoms with Crippen LogP contribution in [0.4, 0.5) is 0 Å². The SMILES string of the molecule is CCOC(=O)[C@H](C)N(C)CCCS(=O)(=O)O. The molecule has 0 aromatic heterocycles. The molecule has 0 rings (SSSR count). The van der Waals surface area contributed by atoms with Crippen LogP contribution < -0.4 is 0 Å². The maximum atomic E-state index is 11.3. The van der Waals surface area contributed by atoms with Crippen LogP contribution in [-0.2, 0) is 19.6 Å². The number of rotatable bonds is 7. The minimum atomic E-state index is -3.92. The molecule has 0 unspecified atom stereocenters. The molecule has 0 bridgehead atoms. The van der Waals surface area contributed by atoms with E-state index in [0.29, 0.717) is 13.2 Å². The van der Waals surface area contributed by atoms with Crippen molar-refractivity contribution in [3.63, 3.8) is 0 Å². The minimum absolute atomic E-state index is 0.277. The van der Waals surface area contributed by atoms with E-state index in [1.807, 2.05) is 0 Å². The summed E-state index contributed by atoms with van der Waals surface area (Å²) in [5.74, 6) is -0.635. The zero-order valence-electron chi connectivity index (χ0n) is 9.84. The average molecular weight is 253 g/mol. The highest BCUT2D eigenvalue weighted by Gasteiger charge is 2.19. The average Bonchev–Trinajstić information content (AvgIpc) is 2.14. The van der Waals surface area contributed by atoms with E-state index in [2.05, 4.69) is 0 Å². The Bertz CT molecular complexity index is 314. The molecule has 0 saturated carbocycles. The molecular weight excluding hydrogens is 234 g/mol. The van der Waals surface area contributed by atoms with Gasteiger partial charge in [0, 0.05) is 0 Å². The Morgan fingerprint density at radius 2 is 2.06 bits per heavy atom. The van der Waals surface area contributed by atoms with Gasteiger partial charge in [-0.2, -0.15) is 8.42 Å². The minimum Gasteiger partial charge on any atom is -0.465 e. The molecule has 0 aromatic rings. The van der Waals surface area contributed by atoms with Gasteiger partial charge in [-0.3, -0.25) is 14.2 Å². The Balaban J connectivity index is 3.97. The first-order chi connectivity index (χ1) is 7.28.